The molecule has 1 aliphatic heterocycles. The summed E-state index contributed by atoms with van der Waals surface area (Å²) in [5, 5.41) is 13.4. The van der Waals surface area contributed by atoms with E-state index in [1.165, 1.54) is 0 Å². The average molecular weight is 358 g/mol. The Morgan fingerprint density at radius 3 is 2.84 bits per heavy atom. The Kier molecular flexibility index (Phi) is 4.61. The molecule has 0 saturated carbocycles. The van der Waals surface area contributed by atoms with Crippen molar-refractivity contribution >= 4 is 16.9 Å². The Labute approximate surface area is 140 Å². The van der Waals surface area contributed by atoms with Gasteiger partial charge >= 0.3 is 12.1 Å². The van der Waals surface area contributed by atoms with Gasteiger partial charge in [0.2, 0.25) is 0 Å². The SMILES string of the molecule is COc1ccc2[nH]c3c(c2c1)CCNC3[C@@H](CO)OC(=O)C(F)(F)F. The molecule has 1 aromatic carbocycles. The average Bonchev–Trinajstić information content (AvgIpc) is 2.96. The number of fused-ring (bicyclic) bond motifs is 3. The molecule has 1 unspecified atom stereocenters. The van der Waals surface area contributed by atoms with Crippen LogP contribution in [0, 0.1) is 0 Å². The minimum absolute atomic E-state index is 0.474. The van der Waals surface area contributed by atoms with Crippen LogP contribution in [0.1, 0.15) is 17.3 Å². The number of ether oxygens (including phenoxy) is 2. The maximum Gasteiger partial charge on any atom is 0.490 e. The highest BCUT2D eigenvalue weighted by molar-refractivity contribution is 5.86. The molecule has 9 heteroatoms. The van der Waals surface area contributed by atoms with Crippen molar-refractivity contribution < 1.29 is 32.5 Å². The number of carbonyl (C=O) groups is 1. The Morgan fingerprint density at radius 1 is 1.44 bits per heavy atom. The minimum atomic E-state index is -5.11. The molecule has 2 aromatic rings. The maximum atomic E-state index is 12.5. The van der Waals surface area contributed by atoms with Gasteiger partial charge in [-0.3, -0.25) is 0 Å². The maximum absolute atomic E-state index is 12.5. The van der Waals surface area contributed by atoms with Crippen molar-refractivity contribution in [3.8, 4) is 5.75 Å². The van der Waals surface area contributed by atoms with Gasteiger partial charge in [-0.25, -0.2) is 4.79 Å². The number of carbonyl (C=O) groups excluding carboxylic acids is 1. The lowest BCUT2D eigenvalue weighted by Gasteiger charge is -2.30. The molecule has 0 bridgehead atoms. The van der Waals surface area contributed by atoms with Gasteiger partial charge in [0.25, 0.3) is 0 Å². The number of alkyl halides is 3. The summed E-state index contributed by atoms with van der Waals surface area (Å²) < 4.78 is 47.1. The lowest BCUT2D eigenvalue weighted by Crippen LogP contribution is -2.43. The van der Waals surface area contributed by atoms with E-state index >= 15 is 0 Å². The number of aliphatic hydroxyl groups excluding tert-OH is 1. The van der Waals surface area contributed by atoms with Gasteiger partial charge in [0.05, 0.1) is 19.8 Å². The second-order valence-corrected chi connectivity index (χ2v) is 5.73. The van der Waals surface area contributed by atoms with E-state index in [-0.39, 0.29) is 0 Å². The summed E-state index contributed by atoms with van der Waals surface area (Å²) in [6, 6.07) is 4.64. The van der Waals surface area contributed by atoms with Crippen LogP contribution in [-0.4, -0.2) is 48.6 Å². The summed E-state index contributed by atoms with van der Waals surface area (Å²) in [5.74, 6) is -1.66. The summed E-state index contributed by atoms with van der Waals surface area (Å²) in [4.78, 5) is 14.3. The summed E-state index contributed by atoms with van der Waals surface area (Å²) >= 11 is 0. The second kappa shape index (κ2) is 6.57. The number of H-pyrrole nitrogens is 1. The Morgan fingerprint density at radius 2 is 2.20 bits per heavy atom. The third kappa shape index (κ3) is 3.29. The molecule has 0 fully saturated rings. The molecule has 0 aliphatic carbocycles. The lowest BCUT2D eigenvalue weighted by atomic mass is 9.96. The molecule has 0 amide bonds. The van der Waals surface area contributed by atoms with Crippen LogP contribution in [0.3, 0.4) is 0 Å². The van der Waals surface area contributed by atoms with Gasteiger partial charge in [0.1, 0.15) is 11.9 Å². The van der Waals surface area contributed by atoms with Crippen LogP contribution >= 0.6 is 0 Å². The van der Waals surface area contributed by atoms with Gasteiger partial charge in [-0.1, -0.05) is 0 Å². The highest BCUT2D eigenvalue weighted by Gasteiger charge is 2.44. The Bertz CT molecular complexity index is 788. The lowest BCUT2D eigenvalue weighted by molar-refractivity contribution is -0.208. The zero-order valence-corrected chi connectivity index (χ0v) is 13.3. The number of halogens is 3. The molecule has 2 heterocycles. The van der Waals surface area contributed by atoms with Crippen LogP contribution in [-0.2, 0) is 16.0 Å². The van der Waals surface area contributed by atoms with Crippen LogP contribution < -0.4 is 10.1 Å². The zero-order valence-electron chi connectivity index (χ0n) is 13.3. The van der Waals surface area contributed by atoms with Gasteiger partial charge in [0.15, 0.2) is 0 Å². The highest BCUT2D eigenvalue weighted by atomic mass is 19.4. The third-order valence-electron chi connectivity index (χ3n) is 4.24. The van der Waals surface area contributed by atoms with Gasteiger partial charge in [0, 0.05) is 23.1 Å². The van der Waals surface area contributed by atoms with E-state index in [1.807, 2.05) is 6.07 Å². The summed E-state index contributed by atoms with van der Waals surface area (Å²) in [7, 11) is 1.54. The van der Waals surface area contributed by atoms with Crippen LogP contribution in [0.15, 0.2) is 18.2 Å². The van der Waals surface area contributed by atoms with E-state index in [0.29, 0.717) is 24.4 Å². The molecule has 6 nitrogen and oxygen atoms in total. The van der Waals surface area contributed by atoms with E-state index in [9.17, 15) is 23.1 Å². The molecule has 2 atom stereocenters. The molecule has 0 radical (unpaired) electrons. The molecule has 25 heavy (non-hydrogen) atoms. The predicted octanol–water partition coefficient (Wildman–Crippen LogP) is 1.83. The van der Waals surface area contributed by atoms with Crippen LogP contribution in [0.4, 0.5) is 13.2 Å². The quantitative estimate of drug-likeness (QED) is 0.727. The number of esters is 1. The zero-order chi connectivity index (χ0) is 18.2. The fourth-order valence-corrected chi connectivity index (χ4v) is 3.10. The van der Waals surface area contributed by atoms with E-state index < -0.39 is 30.9 Å². The fourth-order valence-electron chi connectivity index (χ4n) is 3.10. The Hall–Kier alpha value is -2.26. The van der Waals surface area contributed by atoms with E-state index in [2.05, 4.69) is 15.0 Å². The van der Waals surface area contributed by atoms with Crippen molar-refractivity contribution in [2.45, 2.75) is 24.7 Å². The molecular formula is C16H17F3N2O4. The van der Waals surface area contributed by atoms with Gasteiger partial charge in [-0.15, -0.1) is 0 Å². The number of hydrogen-bond donors (Lipinski definition) is 3. The molecule has 3 N–H and O–H groups in total. The van der Waals surface area contributed by atoms with Gasteiger partial charge < -0.3 is 24.9 Å². The molecule has 136 valence electrons. The molecule has 3 rings (SSSR count). The first kappa shape index (κ1) is 17.6. The summed E-state index contributed by atoms with van der Waals surface area (Å²) in [5.41, 5.74) is 2.29. The largest absolute Gasteiger partial charge is 0.497 e. The van der Waals surface area contributed by atoms with Crippen LogP contribution in [0.2, 0.25) is 0 Å². The molecule has 0 spiro atoms. The number of nitrogens with one attached hydrogen (secondary N) is 2. The number of hydrogen-bond acceptors (Lipinski definition) is 5. The van der Waals surface area contributed by atoms with E-state index in [1.54, 1.807) is 19.2 Å². The fraction of sp³-hybridized carbons (Fsp3) is 0.438. The number of aromatic nitrogens is 1. The first-order valence-corrected chi connectivity index (χ1v) is 7.65. The minimum Gasteiger partial charge on any atom is -0.497 e. The first-order chi connectivity index (χ1) is 11.8. The predicted molar refractivity (Wildman–Crippen MR) is 82.3 cm³/mol. The summed E-state index contributed by atoms with van der Waals surface area (Å²) in [6.07, 6.45) is -5.83. The van der Waals surface area contributed by atoms with Crippen molar-refractivity contribution in [1.29, 1.82) is 0 Å². The van der Waals surface area contributed by atoms with Crippen molar-refractivity contribution in [3.05, 3.63) is 29.5 Å². The van der Waals surface area contributed by atoms with E-state index in [4.69, 9.17) is 4.74 Å². The number of rotatable bonds is 4. The monoisotopic (exact) mass is 358 g/mol. The van der Waals surface area contributed by atoms with E-state index in [0.717, 1.165) is 16.5 Å². The Balaban J connectivity index is 1.96. The second-order valence-electron chi connectivity index (χ2n) is 5.73. The molecule has 1 aliphatic rings. The smallest absolute Gasteiger partial charge is 0.490 e. The number of aliphatic hydroxyl groups is 1. The summed E-state index contributed by atoms with van der Waals surface area (Å²) in [6.45, 7) is -0.264. The topological polar surface area (TPSA) is 83.6 Å². The molecular weight excluding hydrogens is 341 g/mol. The number of methoxy groups -OCH3 is 1. The van der Waals surface area contributed by atoms with Crippen molar-refractivity contribution in [3.63, 3.8) is 0 Å². The van der Waals surface area contributed by atoms with Crippen molar-refractivity contribution in [1.82, 2.24) is 10.3 Å². The van der Waals surface area contributed by atoms with Crippen molar-refractivity contribution in [2.75, 3.05) is 20.3 Å². The molecule has 1 aromatic heterocycles. The number of aromatic amines is 1. The van der Waals surface area contributed by atoms with Gasteiger partial charge in [-0.05, 0) is 30.2 Å². The molecule has 0 saturated heterocycles. The van der Waals surface area contributed by atoms with Crippen LogP contribution in [0.25, 0.3) is 10.9 Å². The normalized spacial score (nSPS) is 18.7. The van der Waals surface area contributed by atoms with Crippen LogP contribution in [0.5, 0.6) is 5.75 Å². The van der Waals surface area contributed by atoms with Crippen molar-refractivity contribution in [2.24, 2.45) is 0 Å². The highest BCUT2D eigenvalue weighted by Crippen LogP contribution is 2.34. The van der Waals surface area contributed by atoms with Gasteiger partial charge in [-0.2, -0.15) is 13.2 Å². The third-order valence-corrected chi connectivity index (χ3v) is 4.24. The number of benzene rings is 1. The first-order valence-electron chi connectivity index (χ1n) is 7.65. The standard InChI is InChI=1S/C16H17F3N2O4/c1-24-8-2-3-11-10(6-8)9-4-5-20-14(13(9)21-11)12(7-22)25-15(23)16(17,18)19/h2-3,6,12,14,20-22H,4-5,7H2,1H3/t12-,14?/m1/s1.